The normalized spacial score (nSPS) is 15.3. The molecular weight excluding hydrogens is 937 g/mol. The Balaban J connectivity index is 0.958. The van der Waals surface area contributed by atoms with E-state index < -0.39 is 16.1 Å². The molecular formula is C71H68N2Si2. The van der Waals surface area contributed by atoms with Crippen molar-refractivity contribution in [3.8, 4) is 33.4 Å². The van der Waals surface area contributed by atoms with E-state index in [0.717, 1.165) is 5.69 Å². The topological polar surface area (TPSA) is 6.48 Å². The van der Waals surface area contributed by atoms with Crippen LogP contribution in [-0.2, 0) is 16.2 Å². The third-order valence-corrected chi connectivity index (χ3v) is 21.9. The van der Waals surface area contributed by atoms with Crippen molar-refractivity contribution in [3.63, 3.8) is 0 Å². The number of hydrogen-bond donors (Lipinski definition) is 0. The molecule has 4 heteroatoms. The average Bonchev–Trinajstić information content (AvgIpc) is 3.76. The SMILES string of the molecule is CC1(C)c2ccccc2-c2ccc(N(c3ccc([Si](C)(C)C)cc3)c3ccc4c(c3)C(C)(C)c3cccc5c3c-4cc3ccc(N(c4ccc([Si](C)(C)C)cc4)c4ccc6c(c4)C(C)(C)c4ccccc4-6)cc35)cc21. The second-order valence-electron chi connectivity index (χ2n) is 25.5. The van der Waals surface area contributed by atoms with E-state index in [4.69, 9.17) is 0 Å². The van der Waals surface area contributed by atoms with E-state index in [1.165, 1.54) is 127 Å². The lowest BCUT2D eigenvalue weighted by molar-refractivity contribution is 0.645. The molecule has 0 aromatic heterocycles. The predicted octanol–water partition coefficient (Wildman–Crippen LogP) is 18.9. The lowest BCUT2D eigenvalue weighted by atomic mass is 9.68. The van der Waals surface area contributed by atoms with Crippen LogP contribution in [0.5, 0.6) is 0 Å². The zero-order chi connectivity index (χ0) is 52.1. The number of fused-ring (bicyclic) bond motifs is 10. The van der Waals surface area contributed by atoms with Crippen molar-refractivity contribution >= 4 is 82.2 Å². The highest BCUT2D eigenvalue weighted by molar-refractivity contribution is 6.89. The van der Waals surface area contributed by atoms with Gasteiger partial charge in [-0.05, 0) is 167 Å². The largest absolute Gasteiger partial charge is 0.310 e. The van der Waals surface area contributed by atoms with Crippen LogP contribution >= 0.6 is 0 Å². The Labute approximate surface area is 447 Å². The van der Waals surface area contributed by atoms with Crippen LogP contribution in [-0.4, -0.2) is 16.1 Å². The van der Waals surface area contributed by atoms with Gasteiger partial charge in [-0.25, -0.2) is 0 Å². The van der Waals surface area contributed by atoms with E-state index in [2.05, 4.69) is 285 Å². The van der Waals surface area contributed by atoms with Crippen molar-refractivity contribution in [2.45, 2.75) is 97.1 Å². The maximum absolute atomic E-state index is 2.51. The third-order valence-electron chi connectivity index (χ3n) is 17.8. The minimum Gasteiger partial charge on any atom is -0.310 e. The van der Waals surface area contributed by atoms with Gasteiger partial charge in [-0.1, -0.05) is 206 Å². The van der Waals surface area contributed by atoms with E-state index in [1.807, 2.05) is 0 Å². The van der Waals surface area contributed by atoms with Gasteiger partial charge < -0.3 is 9.80 Å². The first-order chi connectivity index (χ1) is 35.7. The summed E-state index contributed by atoms with van der Waals surface area (Å²) in [5.74, 6) is 0. The predicted molar refractivity (Wildman–Crippen MR) is 329 cm³/mol. The van der Waals surface area contributed by atoms with Crippen LogP contribution in [0.3, 0.4) is 0 Å². The minimum atomic E-state index is -1.52. The fourth-order valence-electron chi connectivity index (χ4n) is 13.4. The van der Waals surface area contributed by atoms with Crippen LogP contribution in [0.25, 0.3) is 54.9 Å². The molecule has 0 spiro atoms. The molecule has 0 saturated heterocycles. The summed E-state index contributed by atoms with van der Waals surface area (Å²) < 4.78 is 0. The van der Waals surface area contributed by atoms with E-state index in [-0.39, 0.29) is 16.2 Å². The molecule has 0 radical (unpaired) electrons. The molecule has 0 N–H and O–H groups in total. The Hall–Kier alpha value is -7.25. The molecule has 0 amide bonds. The number of hydrogen-bond acceptors (Lipinski definition) is 2. The standard InChI is InChI=1S/C71H68N2Si2/c1-69(2)62-21-15-13-18-54(62)56-37-30-49(42-65(56)69)72(46-26-33-52(34-27-46)74(7,8)9)48-25-24-45-40-61-58-39-32-51(44-67(58)71(5,6)64-23-17-20-59(68(61)64)60(45)41-48)73(47-28-35-53(36-29-47)75(10,11)12)50-31-38-57-55-19-14-16-22-63(55)70(3,4)66(57)43-50/h13-44H,1-12H3. The molecule has 2 nitrogen and oxygen atoms in total. The smallest absolute Gasteiger partial charge is 0.0775 e. The molecule has 370 valence electrons. The molecule has 10 aromatic carbocycles. The van der Waals surface area contributed by atoms with E-state index in [1.54, 1.807) is 0 Å². The van der Waals surface area contributed by atoms with Crippen molar-refractivity contribution in [1.29, 1.82) is 0 Å². The van der Waals surface area contributed by atoms with Crippen molar-refractivity contribution in [3.05, 3.63) is 228 Å². The molecule has 0 saturated carbocycles. The highest BCUT2D eigenvalue weighted by Crippen LogP contribution is 2.55. The lowest BCUT2D eigenvalue weighted by Gasteiger charge is -2.37. The first-order valence-corrected chi connectivity index (χ1v) is 34.2. The summed E-state index contributed by atoms with van der Waals surface area (Å²) in [4.78, 5) is 5.00. The molecule has 0 fully saturated rings. The molecule has 0 atom stereocenters. The number of rotatable bonds is 8. The number of benzene rings is 10. The van der Waals surface area contributed by atoms with Gasteiger partial charge in [0.15, 0.2) is 0 Å². The Morgan fingerprint density at radius 2 is 0.640 bits per heavy atom. The molecule has 75 heavy (non-hydrogen) atoms. The second-order valence-corrected chi connectivity index (χ2v) is 35.6. The van der Waals surface area contributed by atoms with Crippen molar-refractivity contribution in [1.82, 2.24) is 0 Å². The molecule has 0 unspecified atom stereocenters. The summed E-state index contributed by atoms with van der Waals surface area (Å²) in [6.07, 6.45) is 0. The zero-order valence-electron chi connectivity index (χ0n) is 45.9. The highest BCUT2D eigenvalue weighted by atomic mass is 28.3. The second kappa shape index (κ2) is 16.4. The van der Waals surface area contributed by atoms with Crippen LogP contribution in [0.15, 0.2) is 194 Å². The molecule has 0 heterocycles. The Morgan fingerprint density at radius 3 is 1.09 bits per heavy atom. The van der Waals surface area contributed by atoms with Gasteiger partial charge in [-0.2, -0.15) is 0 Å². The van der Waals surface area contributed by atoms with Gasteiger partial charge in [-0.3, -0.25) is 0 Å². The van der Waals surface area contributed by atoms with Gasteiger partial charge >= 0.3 is 0 Å². The van der Waals surface area contributed by atoms with Crippen LogP contribution < -0.4 is 20.2 Å². The summed E-state index contributed by atoms with van der Waals surface area (Å²) in [6.45, 7) is 29.0. The van der Waals surface area contributed by atoms with Gasteiger partial charge in [0.05, 0.1) is 16.1 Å². The number of anilines is 6. The summed E-state index contributed by atoms with van der Waals surface area (Å²) in [5, 5.41) is 8.11. The lowest BCUT2D eigenvalue weighted by Crippen LogP contribution is -2.37. The van der Waals surface area contributed by atoms with E-state index >= 15 is 0 Å². The van der Waals surface area contributed by atoms with Gasteiger partial charge in [0.2, 0.25) is 0 Å². The maximum atomic E-state index is 2.51. The molecule has 3 aliphatic carbocycles. The first-order valence-electron chi connectivity index (χ1n) is 27.2. The van der Waals surface area contributed by atoms with Crippen LogP contribution in [0.1, 0.15) is 74.9 Å². The fraction of sp³-hybridized carbons (Fsp3) is 0.211. The molecule has 10 aromatic rings. The van der Waals surface area contributed by atoms with Crippen LogP contribution in [0, 0.1) is 0 Å². The van der Waals surface area contributed by atoms with Gasteiger partial charge in [0.1, 0.15) is 0 Å². The fourth-order valence-corrected chi connectivity index (χ4v) is 15.8. The Bertz CT molecular complexity index is 3990. The summed E-state index contributed by atoms with van der Waals surface area (Å²) in [5.41, 5.74) is 22.8. The van der Waals surface area contributed by atoms with Gasteiger partial charge in [-0.15, -0.1) is 0 Å². The van der Waals surface area contributed by atoms with Crippen LogP contribution in [0.4, 0.5) is 34.1 Å². The molecule has 3 aliphatic rings. The maximum Gasteiger partial charge on any atom is 0.0775 e. The number of nitrogens with zero attached hydrogens (tertiary/aromatic N) is 2. The van der Waals surface area contributed by atoms with Crippen molar-refractivity contribution in [2.24, 2.45) is 0 Å². The van der Waals surface area contributed by atoms with Gasteiger partial charge in [0, 0.05) is 50.4 Å². The van der Waals surface area contributed by atoms with E-state index in [0.29, 0.717) is 0 Å². The van der Waals surface area contributed by atoms with E-state index in [9.17, 15) is 0 Å². The minimum absolute atomic E-state index is 0.109. The Kier molecular flexibility index (Phi) is 10.4. The third kappa shape index (κ3) is 7.23. The average molecular weight is 1010 g/mol. The van der Waals surface area contributed by atoms with Crippen LogP contribution in [0.2, 0.25) is 39.3 Å². The summed E-state index contributed by atoms with van der Waals surface area (Å²) in [6, 6.07) is 75.2. The van der Waals surface area contributed by atoms with Gasteiger partial charge in [0.25, 0.3) is 0 Å². The quantitative estimate of drug-likeness (QED) is 0.111. The first kappa shape index (κ1) is 47.5. The summed E-state index contributed by atoms with van der Waals surface area (Å²) in [7, 11) is -3.04. The zero-order valence-corrected chi connectivity index (χ0v) is 47.9. The Morgan fingerprint density at radius 1 is 0.280 bits per heavy atom. The van der Waals surface area contributed by atoms with Crippen molar-refractivity contribution in [2.75, 3.05) is 9.80 Å². The molecule has 0 aliphatic heterocycles. The monoisotopic (exact) mass is 1000 g/mol. The molecule has 0 bridgehead atoms. The summed E-state index contributed by atoms with van der Waals surface area (Å²) >= 11 is 0. The van der Waals surface area contributed by atoms with Crippen molar-refractivity contribution < 1.29 is 0 Å². The highest BCUT2D eigenvalue weighted by Gasteiger charge is 2.39. The molecule has 13 rings (SSSR count).